The monoisotopic (exact) mass is 486 g/mol. The Morgan fingerprint density at radius 3 is 2.71 bits per heavy atom. The lowest BCUT2D eigenvalue weighted by Crippen LogP contribution is -2.30. The van der Waals surface area contributed by atoms with Crippen LogP contribution in [0.15, 0.2) is 42.6 Å². The van der Waals surface area contributed by atoms with E-state index in [1.807, 2.05) is 6.07 Å². The van der Waals surface area contributed by atoms with Gasteiger partial charge in [0.25, 0.3) is 0 Å². The fraction of sp³-hybridized carbons (Fsp3) is 0.448. The van der Waals surface area contributed by atoms with E-state index in [0.717, 1.165) is 51.4 Å². The van der Waals surface area contributed by atoms with Crippen molar-refractivity contribution in [3.8, 4) is 11.3 Å². The van der Waals surface area contributed by atoms with Crippen molar-refractivity contribution in [2.75, 3.05) is 19.6 Å². The zero-order valence-electron chi connectivity index (χ0n) is 20.3. The van der Waals surface area contributed by atoms with Gasteiger partial charge in [-0.2, -0.15) is 0 Å². The van der Waals surface area contributed by atoms with Crippen molar-refractivity contribution in [2.45, 2.75) is 63.8 Å². The zero-order chi connectivity index (χ0) is 23.8. The molecule has 1 aliphatic carbocycles. The Bertz CT molecular complexity index is 1360. The number of thiazole rings is 1. The summed E-state index contributed by atoms with van der Waals surface area (Å²) in [7, 11) is 0. The van der Waals surface area contributed by atoms with Crippen LogP contribution in [0.4, 0.5) is 0 Å². The molecule has 4 aromatic rings. The molecule has 2 aromatic carbocycles. The molecular formula is C29H34N4OS. The average Bonchev–Trinajstić information content (AvgIpc) is 3.57. The number of nitrogens with two attached hydrogens (primary N) is 1. The van der Waals surface area contributed by atoms with Gasteiger partial charge in [-0.3, -0.25) is 9.20 Å². The van der Waals surface area contributed by atoms with E-state index >= 15 is 0 Å². The second kappa shape index (κ2) is 9.84. The number of hydrogen-bond acceptors (Lipinski definition) is 5. The van der Waals surface area contributed by atoms with Gasteiger partial charge >= 0.3 is 0 Å². The number of likely N-dealkylation sites (tertiary alicyclic amines) is 1. The van der Waals surface area contributed by atoms with Crippen LogP contribution >= 0.6 is 11.3 Å². The first-order chi connectivity index (χ1) is 17.2. The summed E-state index contributed by atoms with van der Waals surface area (Å²) in [5.74, 6) is 0.920. The molecule has 5 nitrogen and oxygen atoms in total. The number of imidazole rings is 1. The Morgan fingerprint density at radius 1 is 1.06 bits per heavy atom. The average molecular weight is 487 g/mol. The van der Waals surface area contributed by atoms with Crippen LogP contribution in [0, 0.1) is 0 Å². The first-order valence-electron chi connectivity index (χ1n) is 13.2. The van der Waals surface area contributed by atoms with E-state index < -0.39 is 0 Å². The number of carbonyl (C=O) groups excluding carboxylic acids is 1. The molecular weight excluding hydrogens is 452 g/mol. The van der Waals surface area contributed by atoms with Gasteiger partial charge in [0.1, 0.15) is 0 Å². The molecule has 2 aliphatic rings. The fourth-order valence-electron chi connectivity index (χ4n) is 5.48. The highest BCUT2D eigenvalue weighted by Gasteiger charge is 2.26. The second-order valence-corrected chi connectivity index (χ2v) is 11.2. The van der Waals surface area contributed by atoms with E-state index in [2.05, 4.69) is 45.8 Å². The number of rotatable bonds is 9. The highest BCUT2D eigenvalue weighted by Crippen LogP contribution is 2.43. The van der Waals surface area contributed by atoms with Crippen molar-refractivity contribution in [1.29, 1.82) is 0 Å². The molecule has 35 heavy (non-hydrogen) atoms. The highest BCUT2D eigenvalue weighted by molar-refractivity contribution is 7.23. The summed E-state index contributed by atoms with van der Waals surface area (Å²) in [6.45, 7) is 4.18. The molecule has 0 radical (unpaired) electrons. The standard InChI is InChI=1S/C29H34N4OS/c30-18-23-10-9-21(16-24(23)20-7-8-20)25-19-33-26-12-11-22(17-28(26)35-29(33)31-25)27(34)6-2-5-15-32-13-3-1-4-14-32/h9-12,16-17,19-20H,1-8,13-15,18,30H2. The number of Topliss-reactive ketones (excluding diaryl/α,β-unsaturated/α-hetero) is 1. The van der Waals surface area contributed by atoms with Gasteiger partial charge in [-0.25, -0.2) is 4.98 Å². The second-order valence-electron chi connectivity index (χ2n) is 10.2. The molecule has 2 aromatic heterocycles. The molecule has 0 spiro atoms. The van der Waals surface area contributed by atoms with Gasteiger partial charge < -0.3 is 10.6 Å². The molecule has 0 bridgehead atoms. The number of hydrogen-bond donors (Lipinski definition) is 1. The van der Waals surface area contributed by atoms with Crippen LogP contribution in [-0.4, -0.2) is 39.7 Å². The Hall–Kier alpha value is -2.54. The Kier molecular flexibility index (Phi) is 6.44. The molecule has 182 valence electrons. The van der Waals surface area contributed by atoms with Gasteiger partial charge in [0.05, 0.1) is 15.9 Å². The number of fused-ring (bicyclic) bond motifs is 3. The van der Waals surface area contributed by atoms with Gasteiger partial charge in [0.15, 0.2) is 10.7 Å². The van der Waals surface area contributed by atoms with Crippen LogP contribution < -0.4 is 5.73 Å². The number of nitrogens with zero attached hydrogens (tertiary/aromatic N) is 3. The summed E-state index contributed by atoms with van der Waals surface area (Å²) in [5, 5.41) is 0. The number of carbonyl (C=O) groups is 1. The maximum absolute atomic E-state index is 12.8. The molecule has 0 amide bonds. The third kappa shape index (κ3) is 4.80. The summed E-state index contributed by atoms with van der Waals surface area (Å²) in [6.07, 6.45) is 11.4. The Balaban J connectivity index is 1.16. The molecule has 2 fully saturated rings. The molecule has 1 saturated carbocycles. The largest absolute Gasteiger partial charge is 0.326 e. The van der Waals surface area contributed by atoms with Gasteiger partial charge in [-0.15, -0.1) is 0 Å². The molecule has 3 heterocycles. The number of aromatic nitrogens is 2. The van der Waals surface area contributed by atoms with Crippen LogP contribution in [0.25, 0.3) is 26.4 Å². The predicted molar refractivity (Wildman–Crippen MR) is 144 cm³/mol. The van der Waals surface area contributed by atoms with Crippen LogP contribution in [0.3, 0.4) is 0 Å². The van der Waals surface area contributed by atoms with Crippen molar-refractivity contribution in [1.82, 2.24) is 14.3 Å². The fourth-order valence-corrected chi connectivity index (χ4v) is 6.52. The molecule has 2 N–H and O–H groups in total. The van der Waals surface area contributed by atoms with E-state index in [1.54, 1.807) is 11.3 Å². The van der Waals surface area contributed by atoms with Gasteiger partial charge in [-0.05, 0) is 99.5 Å². The maximum Gasteiger partial charge on any atom is 0.195 e. The summed E-state index contributed by atoms with van der Waals surface area (Å²) in [6, 6.07) is 12.7. The molecule has 6 heteroatoms. The summed E-state index contributed by atoms with van der Waals surface area (Å²) in [5.41, 5.74) is 12.7. The van der Waals surface area contributed by atoms with E-state index in [4.69, 9.17) is 10.7 Å². The van der Waals surface area contributed by atoms with Crippen molar-refractivity contribution in [3.63, 3.8) is 0 Å². The lowest BCUT2D eigenvalue weighted by atomic mass is 9.99. The molecule has 1 saturated heterocycles. The summed E-state index contributed by atoms with van der Waals surface area (Å²) in [4.78, 5) is 21.3. The zero-order valence-corrected chi connectivity index (χ0v) is 21.2. The lowest BCUT2D eigenvalue weighted by molar-refractivity contribution is 0.0977. The van der Waals surface area contributed by atoms with Crippen LogP contribution in [0.1, 0.15) is 78.8 Å². The van der Waals surface area contributed by atoms with Crippen LogP contribution in [0.2, 0.25) is 0 Å². The number of ketones is 1. The third-order valence-electron chi connectivity index (χ3n) is 7.67. The van der Waals surface area contributed by atoms with Crippen molar-refractivity contribution in [2.24, 2.45) is 5.73 Å². The van der Waals surface area contributed by atoms with E-state index in [-0.39, 0.29) is 5.78 Å². The molecule has 1 aliphatic heterocycles. The van der Waals surface area contributed by atoms with E-state index in [9.17, 15) is 4.79 Å². The van der Waals surface area contributed by atoms with E-state index in [1.165, 1.54) is 56.3 Å². The van der Waals surface area contributed by atoms with E-state index in [0.29, 0.717) is 18.9 Å². The van der Waals surface area contributed by atoms with Crippen molar-refractivity contribution < 1.29 is 4.79 Å². The summed E-state index contributed by atoms with van der Waals surface area (Å²) < 4.78 is 3.28. The molecule has 0 atom stereocenters. The topological polar surface area (TPSA) is 63.6 Å². The lowest BCUT2D eigenvalue weighted by Gasteiger charge is -2.26. The molecule has 0 unspecified atom stereocenters. The quantitative estimate of drug-likeness (QED) is 0.220. The SMILES string of the molecule is NCc1ccc(-c2cn3c(n2)sc2cc(C(=O)CCCCN4CCCCC4)ccc23)cc1C1CC1. The number of unbranched alkanes of at least 4 members (excludes halogenated alkanes) is 1. The number of piperidine rings is 1. The smallest absolute Gasteiger partial charge is 0.195 e. The number of benzene rings is 2. The minimum Gasteiger partial charge on any atom is -0.326 e. The first-order valence-corrected chi connectivity index (χ1v) is 14.0. The highest BCUT2D eigenvalue weighted by atomic mass is 32.1. The molecule has 6 rings (SSSR count). The summed E-state index contributed by atoms with van der Waals surface area (Å²) >= 11 is 1.66. The Morgan fingerprint density at radius 2 is 1.91 bits per heavy atom. The van der Waals surface area contributed by atoms with Crippen LogP contribution in [0.5, 0.6) is 0 Å². The minimum absolute atomic E-state index is 0.255. The van der Waals surface area contributed by atoms with Crippen molar-refractivity contribution in [3.05, 3.63) is 59.3 Å². The van der Waals surface area contributed by atoms with Gasteiger partial charge in [0.2, 0.25) is 0 Å². The first kappa shape index (κ1) is 22.9. The normalized spacial score (nSPS) is 16.9. The van der Waals surface area contributed by atoms with Gasteiger partial charge in [0, 0.05) is 30.3 Å². The third-order valence-corrected chi connectivity index (χ3v) is 8.69. The maximum atomic E-state index is 12.8. The van der Waals surface area contributed by atoms with Crippen LogP contribution in [-0.2, 0) is 6.54 Å². The minimum atomic E-state index is 0.255. The predicted octanol–water partition coefficient (Wildman–Crippen LogP) is 6.39. The van der Waals surface area contributed by atoms with Crippen molar-refractivity contribution >= 4 is 32.3 Å². The Labute approximate surface area is 211 Å². The van der Waals surface area contributed by atoms with Gasteiger partial charge in [-0.1, -0.05) is 29.9 Å².